The zero-order chi connectivity index (χ0) is 14.5. The van der Waals surface area contributed by atoms with Crippen LogP contribution in [0.5, 0.6) is 5.75 Å². The summed E-state index contributed by atoms with van der Waals surface area (Å²) in [5.41, 5.74) is -0.0555. The number of hydrogen-bond acceptors (Lipinski definition) is 6. The molecule has 1 atom stereocenters. The van der Waals surface area contributed by atoms with Gasteiger partial charge in [0.25, 0.3) is 5.69 Å². The number of nitro groups is 1. The van der Waals surface area contributed by atoms with Gasteiger partial charge in [0.05, 0.1) is 4.92 Å². The van der Waals surface area contributed by atoms with Gasteiger partial charge in [-0.25, -0.2) is 4.79 Å². The van der Waals surface area contributed by atoms with E-state index in [1.54, 1.807) is 0 Å². The van der Waals surface area contributed by atoms with E-state index in [1.807, 2.05) is 0 Å². The maximum Gasteiger partial charge on any atom is 0.514 e. The van der Waals surface area contributed by atoms with Crippen molar-refractivity contribution < 1.29 is 19.2 Å². The maximum atomic E-state index is 11.6. The Kier molecular flexibility index (Phi) is 4.52. The molecule has 1 heterocycles. The van der Waals surface area contributed by atoms with Crippen molar-refractivity contribution in [2.75, 3.05) is 19.6 Å². The summed E-state index contributed by atoms with van der Waals surface area (Å²) < 4.78 is 10.2. The minimum atomic E-state index is -0.776. The zero-order valence-corrected chi connectivity index (χ0v) is 11.2. The first kappa shape index (κ1) is 14.3. The summed E-state index contributed by atoms with van der Waals surface area (Å²) in [5, 5.41) is 10.5. The number of ether oxygens (including phenoxy) is 2. The zero-order valence-electron chi connectivity index (χ0n) is 11.2. The molecule has 0 radical (unpaired) electrons. The van der Waals surface area contributed by atoms with Gasteiger partial charge in [-0.05, 0) is 25.1 Å². The molecule has 0 aromatic heterocycles. The third-order valence-electron chi connectivity index (χ3n) is 3.19. The van der Waals surface area contributed by atoms with Crippen molar-refractivity contribution in [2.45, 2.75) is 19.4 Å². The van der Waals surface area contributed by atoms with E-state index in [0.29, 0.717) is 6.54 Å². The number of carbonyl (C=O) groups excluding carboxylic acids is 1. The van der Waals surface area contributed by atoms with Crippen LogP contribution in [0.2, 0.25) is 0 Å². The minimum Gasteiger partial charge on any atom is -0.429 e. The molecule has 1 fully saturated rings. The van der Waals surface area contributed by atoms with Crippen LogP contribution < -0.4 is 4.74 Å². The SMILES string of the molecule is CCN1CCC(OC(=O)Oc2ccc([N+](=O)[O-])cc2)C1. The van der Waals surface area contributed by atoms with Crippen LogP contribution >= 0.6 is 0 Å². The number of likely N-dealkylation sites (tertiary alicyclic amines) is 1. The normalized spacial score (nSPS) is 18.8. The number of likely N-dealkylation sites (N-methyl/N-ethyl adjacent to an activating group) is 1. The fourth-order valence-electron chi connectivity index (χ4n) is 2.07. The lowest BCUT2D eigenvalue weighted by Gasteiger charge is -2.13. The van der Waals surface area contributed by atoms with E-state index in [4.69, 9.17) is 9.47 Å². The van der Waals surface area contributed by atoms with Gasteiger partial charge in [0.1, 0.15) is 11.9 Å². The summed E-state index contributed by atoms with van der Waals surface area (Å²) in [6.45, 7) is 4.60. The van der Waals surface area contributed by atoms with Crippen molar-refractivity contribution in [3.63, 3.8) is 0 Å². The second kappa shape index (κ2) is 6.33. The predicted octanol–water partition coefficient (Wildman–Crippen LogP) is 2.20. The average Bonchev–Trinajstić information content (AvgIpc) is 2.86. The van der Waals surface area contributed by atoms with Crippen LogP contribution in [0.1, 0.15) is 13.3 Å². The van der Waals surface area contributed by atoms with E-state index in [2.05, 4.69) is 11.8 Å². The number of hydrogen-bond donors (Lipinski definition) is 0. The first-order chi connectivity index (χ1) is 9.58. The Bertz CT molecular complexity index is 488. The molecule has 0 spiro atoms. The van der Waals surface area contributed by atoms with Crippen LogP contribution in [0.25, 0.3) is 0 Å². The molecule has 0 amide bonds. The Labute approximate surface area is 116 Å². The monoisotopic (exact) mass is 280 g/mol. The molecule has 1 aliphatic rings. The summed E-state index contributed by atoms with van der Waals surface area (Å²) in [4.78, 5) is 23.7. The average molecular weight is 280 g/mol. The smallest absolute Gasteiger partial charge is 0.429 e. The van der Waals surface area contributed by atoms with E-state index >= 15 is 0 Å². The topological polar surface area (TPSA) is 81.9 Å². The van der Waals surface area contributed by atoms with Crippen LogP contribution in [-0.2, 0) is 4.74 Å². The highest BCUT2D eigenvalue weighted by atomic mass is 16.7. The van der Waals surface area contributed by atoms with Gasteiger partial charge < -0.3 is 9.47 Å². The van der Waals surface area contributed by atoms with Crippen LogP contribution in [-0.4, -0.2) is 41.7 Å². The highest BCUT2D eigenvalue weighted by Gasteiger charge is 2.25. The van der Waals surface area contributed by atoms with E-state index in [-0.39, 0.29) is 17.5 Å². The Balaban J connectivity index is 1.84. The molecule has 0 aliphatic carbocycles. The highest BCUT2D eigenvalue weighted by molar-refractivity contribution is 5.64. The van der Waals surface area contributed by atoms with Crippen LogP contribution in [0, 0.1) is 10.1 Å². The second-order valence-corrected chi connectivity index (χ2v) is 4.52. The van der Waals surface area contributed by atoms with Gasteiger partial charge in [-0.3, -0.25) is 15.0 Å². The van der Waals surface area contributed by atoms with E-state index in [9.17, 15) is 14.9 Å². The van der Waals surface area contributed by atoms with Crippen molar-refractivity contribution in [3.05, 3.63) is 34.4 Å². The van der Waals surface area contributed by atoms with E-state index in [0.717, 1.165) is 19.5 Å². The number of benzene rings is 1. The van der Waals surface area contributed by atoms with Gasteiger partial charge in [-0.15, -0.1) is 0 Å². The fraction of sp³-hybridized carbons (Fsp3) is 0.462. The largest absolute Gasteiger partial charge is 0.514 e. The molecular formula is C13H16N2O5. The molecule has 2 rings (SSSR count). The Morgan fingerprint density at radius 2 is 2.15 bits per heavy atom. The summed E-state index contributed by atoms with van der Waals surface area (Å²) in [7, 11) is 0. The minimum absolute atomic E-state index is 0.0555. The van der Waals surface area contributed by atoms with Gasteiger partial charge >= 0.3 is 6.16 Å². The number of nitro benzene ring substituents is 1. The van der Waals surface area contributed by atoms with Gasteiger partial charge in [0.2, 0.25) is 0 Å². The first-order valence-corrected chi connectivity index (χ1v) is 6.43. The predicted molar refractivity (Wildman–Crippen MR) is 70.7 cm³/mol. The number of carbonyl (C=O) groups is 1. The molecule has 108 valence electrons. The Morgan fingerprint density at radius 3 is 2.70 bits per heavy atom. The molecule has 20 heavy (non-hydrogen) atoms. The van der Waals surface area contributed by atoms with Crippen molar-refractivity contribution in [1.29, 1.82) is 0 Å². The first-order valence-electron chi connectivity index (χ1n) is 6.43. The number of rotatable bonds is 4. The number of non-ortho nitro benzene ring substituents is 1. The lowest BCUT2D eigenvalue weighted by molar-refractivity contribution is -0.384. The summed E-state index contributed by atoms with van der Waals surface area (Å²) in [6, 6.07) is 5.28. The summed E-state index contributed by atoms with van der Waals surface area (Å²) in [5.74, 6) is 0.228. The lowest BCUT2D eigenvalue weighted by atomic mass is 10.3. The maximum absolute atomic E-state index is 11.6. The highest BCUT2D eigenvalue weighted by Crippen LogP contribution is 2.19. The van der Waals surface area contributed by atoms with E-state index in [1.165, 1.54) is 24.3 Å². The van der Waals surface area contributed by atoms with Crippen molar-refractivity contribution >= 4 is 11.8 Å². The molecule has 1 aliphatic heterocycles. The molecule has 7 heteroatoms. The van der Waals surface area contributed by atoms with Gasteiger partial charge in [-0.1, -0.05) is 6.92 Å². The quantitative estimate of drug-likeness (QED) is 0.364. The molecular weight excluding hydrogens is 264 g/mol. The molecule has 1 aromatic carbocycles. The van der Waals surface area contributed by atoms with E-state index < -0.39 is 11.1 Å². The fourth-order valence-corrected chi connectivity index (χ4v) is 2.07. The Morgan fingerprint density at radius 1 is 1.45 bits per heavy atom. The van der Waals surface area contributed by atoms with Crippen LogP contribution in [0.4, 0.5) is 10.5 Å². The molecule has 1 saturated heterocycles. The van der Waals surface area contributed by atoms with Crippen molar-refractivity contribution in [1.82, 2.24) is 4.90 Å². The standard InChI is InChI=1S/C13H16N2O5/c1-2-14-8-7-12(9-14)20-13(16)19-11-5-3-10(4-6-11)15(17)18/h3-6,12H,2,7-9H2,1H3. The summed E-state index contributed by atoms with van der Waals surface area (Å²) >= 11 is 0. The van der Waals surface area contributed by atoms with Crippen LogP contribution in [0.3, 0.4) is 0 Å². The van der Waals surface area contributed by atoms with Gasteiger partial charge in [0.15, 0.2) is 0 Å². The molecule has 7 nitrogen and oxygen atoms in total. The van der Waals surface area contributed by atoms with Gasteiger partial charge in [-0.2, -0.15) is 0 Å². The van der Waals surface area contributed by atoms with Crippen molar-refractivity contribution in [3.8, 4) is 5.75 Å². The van der Waals surface area contributed by atoms with Gasteiger partial charge in [0, 0.05) is 25.2 Å². The third-order valence-corrected chi connectivity index (χ3v) is 3.19. The lowest BCUT2D eigenvalue weighted by Crippen LogP contribution is -2.25. The Hall–Kier alpha value is -2.15. The van der Waals surface area contributed by atoms with Crippen LogP contribution in [0.15, 0.2) is 24.3 Å². The third kappa shape index (κ3) is 3.67. The molecule has 1 aromatic rings. The molecule has 0 bridgehead atoms. The second-order valence-electron chi connectivity index (χ2n) is 4.52. The summed E-state index contributed by atoms with van der Waals surface area (Å²) in [6.07, 6.45) is -0.134. The molecule has 1 unspecified atom stereocenters. The molecule has 0 saturated carbocycles. The van der Waals surface area contributed by atoms with Crippen molar-refractivity contribution in [2.24, 2.45) is 0 Å². The number of nitrogens with zero attached hydrogens (tertiary/aromatic N) is 2. The molecule has 0 N–H and O–H groups in total.